The highest BCUT2D eigenvalue weighted by Gasteiger charge is 2.13. The standard InChI is InChI=1S/C14H21FN2O/c1-11(13-10-12(15)4-5-14(13)18)16-6-9-17-7-2-3-8-17/h4-5,10-11,16,18H,2-3,6-9H2,1H3. The molecule has 1 aromatic rings. The molecule has 0 spiro atoms. The van der Waals surface area contributed by atoms with Gasteiger partial charge in [-0.1, -0.05) is 0 Å². The average molecular weight is 252 g/mol. The molecule has 1 aliphatic heterocycles. The number of halogens is 1. The molecule has 0 radical (unpaired) electrons. The highest BCUT2D eigenvalue weighted by atomic mass is 19.1. The fraction of sp³-hybridized carbons (Fsp3) is 0.571. The van der Waals surface area contributed by atoms with Crippen molar-refractivity contribution < 1.29 is 9.50 Å². The lowest BCUT2D eigenvalue weighted by Gasteiger charge is -2.19. The number of phenolic OH excluding ortho intramolecular Hbond substituents is 1. The summed E-state index contributed by atoms with van der Waals surface area (Å²) >= 11 is 0. The molecule has 1 aromatic carbocycles. The normalized spacial score (nSPS) is 18.1. The van der Waals surface area contributed by atoms with E-state index in [-0.39, 0.29) is 17.6 Å². The summed E-state index contributed by atoms with van der Waals surface area (Å²) in [6.45, 7) is 6.18. The first-order chi connectivity index (χ1) is 8.66. The van der Waals surface area contributed by atoms with Crippen LogP contribution in [-0.2, 0) is 0 Å². The predicted octanol–water partition coefficient (Wildman–Crippen LogP) is 2.28. The third-order valence-electron chi connectivity index (χ3n) is 3.53. The van der Waals surface area contributed by atoms with Crippen molar-refractivity contribution in [2.75, 3.05) is 26.2 Å². The Balaban J connectivity index is 1.83. The maximum Gasteiger partial charge on any atom is 0.123 e. The van der Waals surface area contributed by atoms with Crippen molar-refractivity contribution in [2.45, 2.75) is 25.8 Å². The lowest BCUT2D eigenvalue weighted by molar-refractivity contribution is 0.328. The van der Waals surface area contributed by atoms with E-state index in [4.69, 9.17) is 0 Å². The Bertz CT molecular complexity index is 391. The van der Waals surface area contributed by atoms with E-state index in [1.54, 1.807) is 0 Å². The van der Waals surface area contributed by atoms with Crippen LogP contribution in [0.5, 0.6) is 5.75 Å². The molecule has 0 bridgehead atoms. The molecule has 4 heteroatoms. The zero-order valence-corrected chi connectivity index (χ0v) is 10.8. The van der Waals surface area contributed by atoms with E-state index in [1.807, 2.05) is 6.92 Å². The molecule has 1 heterocycles. The average Bonchev–Trinajstić information content (AvgIpc) is 2.85. The van der Waals surface area contributed by atoms with E-state index in [2.05, 4.69) is 10.2 Å². The van der Waals surface area contributed by atoms with Gasteiger partial charge in [0.05, 0.1) is 0 Å². The van der Waals surface area contributed by atoms with Crippen molar-refractivity contribution in [2.24, 2.45) is 0 Å². The molecule has 0 aromatic heterocycles. The third kappa shape index (κ3) is 3.43. The predicted molar refractivity (Wildman–Crippen MR) is 70.2 cm³/mol. The second-order valence-electron chi connectivity index (χ2n) is 4.93. The Hall–Kier alpha value is -1.13. The maximum absolute atomic E-state index is 13.1. The van der Waals surface area contributed by atoms with Crippen molar-refractivity contribution >= 4 is 0 Å². The van der Waals surface area contributed by atoms with Crippen molar-refractivity contribution in [3.05, 3.63) is 29.6 Å². The molecular formula is C14H21FN2O. The summed E-state index contributed by atoms with van der Waals surface area (Å²) in [5, 5.41) is 13.0. The zero-order valence-electron chi connectivity index (χ0n) is 10.8. The number of phenols is 1. The SMILES string of the molecule is CC(NCCN1CCCC1)c1cc(F)ccc1O. The largest absolute Gasteiger partial charge is 0.508 e. The number of rotatable bonds is 5. The fourth-order valence-corrected chi connectivity index (χ4v) is 2.43. The van der Waals surface area contributed by atoms with Crippen molar-refractivity contribution in [3.8, 4) is 5.75 Å². The second-order valence-corrected chi connectivity index (χ2v) is 4.93. The number of likely N-dealkylation sites (tertiary alicyclic amines) is 1. The molecule has 0 saturated carbocycles. The zero-order chi connectivity index (χ0) is 13.0. The van der Waals surface area contributed by atoms with Gasteiger partial charge in [-0.15, -0.1) is 0 Å². The van der Waals surface area contributed by atoms with Gasteiger partial charge in [-0.25, -0.2) is 4.39 Å². The molecule has 3 nitrogen and oxygen atoms in total. The lowest BCUT2D eigenvalue weighted by atomic mass is 10.1. The minimum atomic E-state index is -0.309. The van der Waals surface area contributed by atoms with E-state index >= 15 is 0 Å². The summed E-state index contributed by atoms with van der Waals surface area (Å²) in [7, 11) is 0. The first kappa shape index (κ1) is 13.3. The monoisotopic (exact) mass is 252 g/mol. The van der Waals surface area contributed by atoms with Crippen molar-refractivity contribution in [1.82, 2.24) is 10.2 Å². The minimum Gasteiger partial charge on any atom is -0.508 e. The first-order valence-electron chi connectivity index (χ1n) is 6.61. The molecule has 1 fully saturated rings. The van der Waals surface area contributed by atoms with Crippen LogP contribution >= 0.6 is 0 Å². The van der Waals surface area contributed by atoms with Gasteiger partial charge in [0.15, 0.2) is 0 Å². The number of hydrogen-bond donors (Lipinski definition) is 2. The van der Waals surface area contributed by atoms with Crippen molar-refractivity contribution in [1.29, 1.82) is 0 Å². The highest BCUT2D eigenvalue weighted by Crippen LogP contribution is 2.24. The molecular weight excluding hydrogens is 231 g/mol. The summed E-state index contributed by atoms with van der Waals surface area (Å²) in [6, 6.07) is 4.03. The summed E-state index contributed by atoms with van der Waals surface area (Å²) in [4.78, 5) is 2.42. The third-order valence-corrected chi connectivity index (χ3v) is 3.53. The number of hydrogen-bond acceptors (Lipinski definition) is 3. The molecule has 100 valence electrons. The van der Waals surface area contributed by atoms with Crippen LogP contribution in [0.2, 0.25) is 0 Å². The van der Waals surface area contributed by atoms with Gasteiger partial charge in [0.2, 0.25) is 0 Å². The molecule has 0 aliphatic carbocycles. The second kappa shape index (κ2) is 6.16. The number of nitrogens with zero attached hydrogens (tertiary/aromatic N) is 1. The van der Waals surface area contributed by atoms with Gasteiger partial charge in [-0.2, -0.15) is 0 Å². The number of benzene rings is 1. The summed E-state index contributed by atoms with van der Waals surface area (Å²) in [6.07, 6.45) is 2.58. The minimum absolute atomic E-state index is 0.0386. The Kier molecular flexibility index (Phi) is 4.55. The van der Waals surface area contributed by atoms with Gasteiger partial charge in [0.1, 0.15) is 11.6 Å². The Morgan fingerprint density at radius 3 is 2.83 bits per heavy atom. The molecule has 1 atom stereocenters. The topological polar surface area (TPSA) is 35.5 Å². The molecule has 1 saturated heterocycles. The van der Waals surface area contributed by atoms with Crippen LogP contribution in [0.15, 0.2) is 18.2 Å². The van der Waals surface area contributed by atoms with Gasteiger partial charge in [0, 0.05) is 24.7 Å². The van der Waals surface area contributed by atoms with Crippen molar-refractivity contribution in [3.63, 3.8) is 0 Å². The summed E-state index contributed by atoms with van der Waals surface area (Å²) in [5.41, 5.74) is 0.622. The fourth-order valence-electron chi connectivity index (χ4n) is 2.43. The van der Waals surface area contributed by atoms with E-state index in [9.17, 15) is 9.50 Å². The summed E-state index contributed by atoms with van der Waals surface area (Å²) in [5.74, 6) is -0.159. The highest BCUT2D eigenvalue weighted by molar-refractivity contribution is 5.34. The molecule has 0 amide bonds. The Labute approximate surface area is 108 Å². The Morgan fingerprint density at radius 1 is 1.39 bits per heavy atom. The van der Waals surface area contributed by atoms with Gasteiger partial charge in [-0.3, -0.25) is 0 Å². The van der Waals surface area contributed by atoms with Crippen LogP contribution in [0.25, 0.3) is 0 Å². The van der Waals surface area contributed by atoms with E-state index < -0.39 is 0 Å². The summed E-state index contributed by atoms with van der Waals surface area (Å²) < 4.78 is 13.1. The molecule has 2 rings (SSSR count). The lowest BCUT2D eigenvalue weighted by Crippen LogP contribution is -2.31. The van der Waals surface area contributed by atoms with Crippen LogP contribution in [0.4, 0.5) is 4.39 Å². The Morgan fingerprint density at radius 2 is 2.11 bits per heavy atom. The first-order valence-corrected chi connectivity index (χ1v) is 6.61. The van der Waals surface area contributed by atoms with Gasteiger partial charge < -0.3 is 15.3 Å². The van der Waals surface area contributed by atoms with Gasteiger partial charge in [0.25, 0.3) is 0 Å². The van der Waals surface area contributed by atoms with E-state index in [1.165, 1.54) is 44.1 Å². The maximum atomic E-state index is 13.1. The van der Waals surface area contributed by atoms with Crippen LogP contribution in [0, 0.1) is 5.82 Å². The van der Waals surface area contributed by atoms with E-state index in [0.29, 0.717) is 5.56 Å². The smallest absolute Gasteiger partial charge is 0.123 e. The van der Waals surface area contributed by atoms with Crippen LogP contribution in [0.3, 0.4) is 0 Å². The van der Waals surface area contributed by atoms with Gasteiger partial charge >= 0.3 is 0 Å². The number of aromatic hydroxyl groups is 1. The molecule has 2 N–H and O–H groups in total. The number of nitrogens with one attached hydrogen (secondary N) is 1. The molecule has 1 unspecified atom stereocenters. The van der Waals surface area contributed by atoms with E-state index in [0.717, 1.165) is 13.1 Å². The van der Waals surface area contributed by atoms with Crippen LogP contribution < -0.4 is 5.32 Å². The van der Waals surface area contributed by atoms with Gasteiger partial charge in [-0.05, 0) is 51.1 Å². The van der Waals surface area contributed by atoms with Crippen LogP contribution in [-0.4, -0.2) is 36.2 Å². The quantitative estimate of drug-likeness (QED) is 0.844. The molecule has 1 aliphatic rings. The van der Waals surface area contributed by atoms with Crippen LogP contribution in [0.1, 0.15) is 31.4 Å². The molecule has 18 heavy (non-hydrogen) atoms.